The fraction of sp³-hybridized carbons (Fsp3) is 0.259. The number of benzene rings is 1. The predicted octanol–water partition coefficient (Wildman–Crippen LogP) is 3.36. The monoisotopic (exact) mass is 512 g/mol. The van der Waals surface area contributed by atoms with Gasteiger partial charge in [-0.3, -0.25) is 4.68 Å². The number of hydrogen-bond donors (Lipinski definition) is 3. The molecule has 0 amide bonds. The molecule has 0 fully saturated rings. The van der Waals surface area contributed by atoms with Crippen molar-refractivity contribution in [2.24, 2.45) is 0 Å². The molecule has 6 heterocycles. The van der Waals surface area contributed by atoms with Gasteiger partial charge in [-0.1, -0.05) is 0 Å². The molecule has 2 aliphatic rings. The van der Waals surface area contributed by atoms with Gasteiger partial charge in [0, 0.05) is 78.0 Å². The Labute approximate surface area is 216 Å². The van der Waals surface area contributed by atoms with Crippen LogP contribution in [0.1, 0.15) is 22.6 Å². The van der Waals surface area contributed by atoms with Gasteiger partial charge in [0.15, 0.2) is 11.6 Å². The summed E-state index contributed by atoms with van der Waals surface area (Å²) in [5, 5.41) is 19.3. The zero-order valence-electron chi connectivity index (χ0n) is 20.6. The summed E-state index contributed by atoms with van der Waals surface area (Å²) in [6, 6.07) is 5.61. The number of rotatable bonds is 3. The van der Waals surface area contributed by atoms with Crippen molar-refractivity contribution in [1.82, 2.24) is 29.3 Å². The molecule has 0 aliphatic carbocycles. The van der Waals surface area contributed by atoms with E-state index in [2.05, 4.69) is 24.8 Å². The number of nitrogens with one attached hydrogen (secondary N) is 1. The fourth-order valence-corrected chi connectivity index (χ4v) is 5.34. The highest BCUT2D eigenvalue weighted by Crippen LogP contribution is 2.38. The highest BCUT2D eigenvalue weighted by Gasteiger charge is 2.24. The minimum atomic E-state index is -0.621. The van der Waals surface area contributed by atoms with Crippen molar-refractivity contribution in [3.63, 3.8) is 0 Å². The molecule has 1 atom stereocenters. The molecule has 192 valence electrons. The Kier molecular flexibility index (Phi) is 5.08. The third-order valence-electron chi connectivity index (χ3n) is 7.39. The van der Waals surface area contributed by atoms with Crippen LogP contribution in [0.3, 0.4) is 0 Å². The summed E-state index contributed by atoms with van der Waals surface area (Å²) in [6.45, 7) is 3.53. The topological polar surface area (TPSA) is 129 Å². The lowest BCUT2D eigenvalue weighted by Crippen LogP contribution is -2.26. The van der Waals surface area contributed by atoms with Crippen LogP contribution in [0.15, 0.2) is 43.0 Å². The molecule has 0 radical (unpaired) electrons. The van der Waals surface area contributed by atoms with Gasteiger partial charge in [0.2, 0.25) is 5.88 Å². The van der Waals surface area contributed by atoms with Crippen LogP contribution in [0.25, 0.3) is 21.9 Å². The summed E-state index contributed by atoms with van der Waals surface area (Å²) in [5.41, 5.74) is 9.89. The van der Waals surface area contributed by atoms with Crippen LogP contribution >= 0.6 is 0 Å². The molecule has 10 nitrogen and oxygen atoms in total. The predicted molar refractivity (Wildman–Crippen MR) is 140 cm³/mol. The van der Waals surface area contributed by atoms with Crippen LogP contribution in [-0.2, 0) is 25.9 Å². The number of pyridine rings is 2. The normalized spacial score (nSPS) is 16.3. The number of aliphatic hydroxyl groups is 1. The smallest absolute Gasteiger partial charge is 0.216 e. The van der Waals surface area contributed by atoms with Crippen molar-refractivity contribution in [2.75, 3.05) is 17.7 Å². The van der Waals surface area contributed by atoms with E-state index in [9.17, 15) is 5.11 Å². The molecule has 38 heavy (non-hydrogen) atoms. The van der Waals surface area contributed by atoms with Gasteiger partial charge in [0.1, 0.15) is 18.2 Å². The van der Waals surface area contributed by atoms with Gasteiger partial charge < -0.3 is 25.5 Å². The third kappa shape index (κ3) is 3.66. The Bertz CT molecular complexity index is 1730. The Morgan fingerprint density at radius 3 is 2.92 bits per heavy atom. The van der Waals surface area contributed by atoms with Crippen LogP contribution in [0, 0.1) is 12.7 Å². The number of fused-ring (bicyclic) bond motifs is 4. The van der Waals surface area contributed by atoms with E-state index >= 15 is 4.39 Å². The number of halogens is 1. The molecular weight excluding hydrogens is 487 g/mol. The van der Waals surface area contributed by atoms with E-state index in [0.717, 1.165) is 41.0 Å². The van der Waals surface area contributed by atoms with E-state index in [1.165, 1.54) is 0 Å². The lowest BCUT2D eigenvalue weighted by Gasteiger charge is -2.23. The van der Waals surface area contributed by atoms with Crippen LogP contribution in [0.5, 0.6) is 5.88 Å². The van der Waals surface area contributed by atoms with Crippen molar-refractivity contribution in [2.45, 2.75) is 39.0 Å². The molecule has 2 aliphatic heterocycles. The van der Waals surface area contributed by atoms with Gasteiger partial charge in [0.05, 0.1) is 18.3 Å². The summed E-state index contributed by atoms with van der Waals surface area (Å²) in [4.78, 5) is 13.3. The number of anilines is 3. The van der Waals surface area contributed by atoms with Crippen molar-refractivity contribution in [3.05, 3.63) is 71.4 Å². The maximum absolute atomic E-state index is 15.5. The quantitative estimate of drug-likeness (QED) is 0.314. The molecule has 0 bridgehead atoms. The van der Waals surface area contributed by atoms with Gasteiger partial charge in [-0.2, -0.15) is 5.10 Å². The molecule has 11 heteroatoms. The first-order valence-corrected chi connectivity index (χ1v) is 12.5. The molecular formula is C27H25FN8O2. The molecule has 7 rings (SSSR count). The number of ether oxygens (including phenoxy) is 1. The first kappa shape index (κ1) is 22.7. The van der Waals surface area contributed by atoms with Crippen molar-refractivity contribution < 1.29 is 14.2 Å². The van der Waals surface area contributed by atoms with Crippen LogP contribution < -0.4 is 15.8 Å². The van der Waals surface area contributed by atoms with E-state index in [1.807, 2.05) is 36.1 Å². The van der Waals surface area contributed by atoms with Crippen molar-refractivity contribution in [3.8, 4) is 17.0 Å². The minimum absolute atomic E-state index is 0.0224. The summed E-state index contributed by atoms with van der Waals surface area (Å²) in [6.07, 6.45) is 7.59. The highest BCUT2D eigenvalue weighted by atomic mass is 19.1. The van der Waals surface area contributed by atoms with Gasteiger partial charge in [0.25, 0.3) is 0 Å². The molecule has 0 saturated heterocycles. The standard InChI is InChI=1S/C27H25FN8O2/c1-14-18-9-17(37)13-38-27(18)32-10-20(14)19-6-15-7-22(31-11-21(15)26(29)25(19)28)33-23-8-16-2-4-35-5-3-30-24(35)12-36(16)34-23/h3,5-8,10-11,17,37H,2,4,9,12-13,29H2,1H3,(H,31,33,34). The summed E-state index contributed by atoms with van der Waals surface area (Å²) >= 11 is 0. The Balaban J connectivity index is 1.24. The summed E-state index contributed by atoms with van der Waals surface area (Å²) in [5.74, 6) is 2.17. The molecule has 1 aromatic carbocycles. The second-order valence-corrected chi connectivity index (χ2v) is 9.78. The molecule has 0 saturated carbocycles. The SMILES string of the molecule is Cc1c(-c2cc3cc(Nc4cc5n(n4)Cc4nccn4CC5)ncc3c(N)c2F)cnc2c1CC(O)CO2. The summed E-state index contributed by atoms with van der Waals surface area (Å²) in [7, 11) is 0. The second-order valence-electron chi connectivity index (χ2n) is 9.78. The minimum Gasteiger partial charge on any atom is -0.475 e. The van der Waals surface area contributed by atoms with E-state index in [-0.39, 0.29) is 12.3 Å². The Morgan fingerprint density at radius 2 is 2.03 bits per heavy atom. The van der Waals surface area contributed by atoms with Gasteiger partial charge in [-0.25, -0.2) is 19.3 Å². The lowest BCUT2D eigenvalue weighted by molar-refractivity contribution is 0.0884. The van der Waals surface area contributed by atoms with E-state index < -0.39 is 11.9 Å². The van der Waals surface area contributed by atoms with Gasteiger partial charge in [-0.15, -0.1) is 0 Å². The third-order valence-corrected chi connectivity index (χ3v) is 7.39. The van der Waals surface area contributed by atoms with Crippen LogP contribution in [0.2, 0.25) is 0 Å². The van der Waals surface area contributed by atoms with Crippen molar-refractivity contribution >= 4 is 28.1 Å². The Morgan fingerprint density at radius 1 is 1.13 bits per heavy atom. The number of aryl methyl sites for hydroxylation is 2. The number of nitrogens with two attached hydrogens (primary N) is 1. The Hall–Kier alpha value is -4.51. The molecule has 4 aromatic heterocycles. The van der Waals surface area contributed by atoms with Crippen LogP contribution in [0.4, 0.5) is 21.7 Å². The molecule has 1 unspecified atom stereocenters. The molecule has 4 N–H and O–H groups in total. The average molecular weight is 513 g/mol. The highest BCUT2D eigenvalue weighted by molar-refractivity contribution is 5.98. The zero-order valence-corrected chi connectivity index (χ0v) is 20.6. The van der Waals surface area contributed by atoms with E-state index in [0.29, 0.717) is 47.0 Å². The maximum atomic E-state index is 15.5. The van der Waals surface area contributed by atoms with E-state index in [1.54, 1.807) is 18.5 Å². The maximum Gasteiger partial charge on any atom is 0.216 e. The van der Waals surface area contributed by atoms with Gasteiger partial charge >= 0.3 is 0 Å². The number of hydrogen-bond acceptors (Lipinski definition) is 8. The molecule has 5 aromatic rings. The van der Waals surface area contributed by atoms with Crippen LogP contribution in [-0.4, -0.2) is 47.1 Å². The van der Waals surface area contributed by atoms with Crippen molar-refractivity contribution in [1.29, 1.82) is 0 Å². The zero-order chi connectivity index (χ0) is 26.0. The lowest BCUT2D eigenvalue weighted by atomic mass is 9.93. The number of aromatic nitrogens is 6. The number of aliphatic hydroxyl groups excluding tert-OH is 1. The summed E-state index contributed by atoms with van der Waals surface area (Å²) < 4.78 is 25.1. The number of nitrogens with zero attached hydrogens (tertiary/aromatic N) is 6. The van der Waals surface area contributed by atoms with Gasteiger partial charge in [-0.05, 0) is 30.0 Å². The first-order chi connectivity index (χ1) is 18.4. The van der Waals surface area contributed by atoms with E-state index in [4.69, 9.17) is 15.6 Å². The molecule has 0 spiro atoms. The number of imidazole rings is 1. The largest absolute Gasteiger partial charge is 0.475 e. The average Bonchev–Trinajstić information content (AvgIpc) is 3.48. The first-order valence-electron chi connectivity index (χ1n) is 12.5. The fourth-order valence-electron chi connectivity index (χ4n) is 5.34. The second kappa shape index (κ2) is 8.52. The number of nitrogen functional groups attached to an aromatic ring is 1.